The van der Waals surface area contributed by atoms with Gasteiger partial charge in [-0.25, -0.2) is 4.98 Å². The number of aliphatic hydroxyl groups is 1. The first-order valence-corrected chi connectivity index (χ1v) is 5.60. The molecule has 0 unspecified atom stereocenters. The molecule has 4 nitrogen and oxygen atoms in total. The van der Waals surface area contributed by atoms with Crippen LogP contribution in [0.2, 0.25) is 0 Å². The first-order chi connectivity index (χ1) is 7.53. The molecule has 4 heteroatoms. The van der Waals surface area contributed by atoms with Gasteiger partial charge in [0.15, 0.2) is 0 Å². The average molecular weight is 223 g/mol. The Morgan fingerprint density at radius 3 is 2.88 bits per heavy atom. The zero-order valence-corrected chi connectivity index (χ0v) is 10.0. The van der Waals surface area contributed by atoms with Crippen LogP contribution in [-0.4, -0.2) is 23.2 Å². The number of rotatable bonds is 6. The summed E-state index contributed by atoms with van der Waals surface area (Å²) in [6.45, 7) is 5.47. The van der Waals surface area contributed by atoms with E-state index >= 15 is 0 Å². The Bertz CT molecular complexity index is 326. The van der Waals surface area contributed by atoms with Gasteiger partial charge in [0.2, 0.25) is 0 Å². The molecular weight excluding hydrogens is 202 g/mol. The molecule has 0 atom stereocenters. The maximum atomic E-state index is 8.81. The second-order valence-electron chi connectivity index (χ2n) is 4.81. The van der Waals surface area contributed by atoms with Gasteiger partial charge in [0.05, 0.1) is 0 Å². The lowest BCUT2D eigenvalue weighted by atomic mass is 9.88. The van der Waals surface area contributed by atoms with Crippen molar-refractivity contribution >= 4 is 11.5 Å². The number of hydrogen-bond acceptors (Lipinski definition) is 4. The number of aliphatic hydroxyl groups excluding tert-OH is 1. The lowest BCUT2D eigenvalue weighted by molar-refractivity contribution is 0.248. The van der Waals surface area contributed by atoms with E-state index in [9.17, 15) is 0 Å². The summed E-state index contributed by atoms with van der Waals surface area (Å²) in [6, 6.07) is 3.72. The van der Waals surface area contributed by atoms with Crippen molar-refractivity contribution in [1.82, 2.24) is 4.98 Å². The van der Waals surface area contributed by atoms with Gasteiger partial charge in [0.25, 0.3) is 0 Å². The number of aromatic nitrogens is 1. The van der Waals surface area contributed by atoms with Crippen LogP contribution in [0.15, 0.2) is 18.3 Å². The van der Waals surface area contributed by atoms with E-state index < -0.39 is 0 Å². The third kappa shape index (κ3) is 4.49. The third-order valence-corrected chi connectivity index (χ3v) is 2.56. The summed E-state index contributed by atoms with van der Waals surface area (Å²) < 4.78 is 0. The van der Waals surface area contributed by atoms with Gasteiger partial charge in [-0.2, -0.15) is 0 Å². The van der Waals surface area contributed by atoms with Crippen molar-refractivity contribution in [2.24, 2.45) is 5.41 Å². The van der Waals surface area contributed by atoms with E-state index in [4.69, 9.17) is 10.8 Å². The monoisotopic (exact) mass is 223 g/mol. The van der Waals surface area contributed by atoms with Gasteiger partial charge in [0, 0.05) is 31.1 Å². The molecule has 0 fully saturated rings. The lowest BCUT2D eigenvalue weighted by Crippen LogP contribution is -2.23. The molecule has 0 saturated carbocycles. The Morgan fingerprint density at radius 1 is 1.50 bits per heavy atom. The Labute approximate surface area is 96.9 Å². The summed E-state index contributed by atoms with van der Waals surface area (Å²) >= 11 is 0. The molecule has 1 aromatic heterocycles. The maximum Gasteiger partial charge on any atom is 0.125 e. The van der Waals surface area contributed by atoms with Gasteiger partial charge < -0.3 is 16.2 Å². The Hall–Kier alpha value is -1.29. The van der Waals surface area contributed by atoms with Crippen LogP contribution in [0.25, 0.3) is 0 Å². The predicted octanol–water partition coefficient (Wildman–Crippen LogP) is 1.87. The Kier molecular flexibility index (Phi) is 4.55. The van der Waals surface area contributed by atoms with Crippen molar-refractivity contribution in [3.05, 3.63) is 18.3 Å². The molecule has 0 spiro atoms. The summed E-state index contributed by atoms with van der Waals surface area (Å²) in [4.78, 5) is 3.94. The van der Waals surface area contributed by atoms with Gasteiger partial charge in [-0.3, -0.25) is 0 Å². The third-order valence-electron chi connectivity index (χ3n) is 2.56. The molecular formula is C12H21N3O. The molecule has 0 aliphatic rings. The fraction of sp³-hybridized carbons (Fsp3) is 0.583. The van der Waals surface area contributed by atoms with Crippen LogP contribution in [0.1, 0.15) is 26.7 Å². The minimum atomic E-state index is 0.167. The van der Waals surface area contributed by atoms with E-state index in [2.05, 4.69) is 24.1 Å². The molecule has 0 radical (unpaired) electrons. The van der Waals surface area contributed by atoms with Crippen molar-refractivity contribution in [2.45, 2.75) is 26.7 Å². The summed E-state index contributed by atoms with van der Waals surface area (Å²) in [7, 11) is 0. The van der Waals surface area contributed by atoms with E-state index in [0.717, 1.165) is 25.1 Å². The highest BCUT2D eigenvalue weighted by Gasteiger charge is 2.16. The van der Waals surface area contributed by atoms with Gasteiger partial charge >= 0.3 is 0 Å². The van der Waals surface area contributed by atoms with Crippen LogP contribution in [0.4, 0.5) is 11.5 Å². The van der Waals surface area contributed by atoms with E-state index in [-0.39, 0.29) is 12.0 Å². The smallest absolute Gasteiger partial charge is 0.125 e. The van der Waals surface area contributed by atoms with E-state index in [0.29, 0.717) is 5.82 Å². The van der Waals surface area contributed by atoms with Crippen LogP contribution in [0.5, 0.6) is 0 Å². The zero-order chi connectivity index (χ0) is 12.0. The highest BCUT2D eigenvalue weighted by molar-refractivity contribution is 5.49. The van der Waals surface area contributed by atoms with Crippen LogP contribution >= 0.6 is 0 Å². The topological polar surface area (TPSA) is 71.2 Å². The SMILES string of the molecule is CC(C)(CCCO)CNc1ccnc(N)c1. The fourth-order valence-electron chi connectivity index (χ4n) is 1.55. The average Bonchev–Trinajstić information content (AvgIpc) is 2.24. The molecule has 16 heavy (non-hydrogen) atoms. The Morgan fingerprint density at radius 2 is 2.25 bits per heavy atom. The molecule has 0 bridgehead atoms. The summed E-state index contributed by atoms with van der Waals surface area (Å²) in [5.74, 6) is 0.526. The molecule has 1 rings (SSSR count). The fourth-order valence-corrected chi connectivity index (χ4v) is 1.55. The largest absolute Gasteiger partial charge is 0.396 e. The number of nitrogens with one attached hydrogen (secondary N) is 1. The minimum Gasteiger partial charge on any atom is -0.396 e. The standard InChI is InChI=1S/C12H21N3O/c1-12(2,5-3-7-16)9-15-10-4-6-14-11(13)8-10/h4,6,8,16H,3,5,7,9H2,1-2H3,(H3,13,14,15). The van der Waals surface area contributed by atoms with Crippen LogP contribution in [0.3, 0.4) is 0 Å². The van der Waals surface area contributed by atoms with Gasteiger partial charge in [0.1, 0.15) is 5.82 Å². The summed E-state index contributed by atoms with van der Waals surface area (Å²) in [6.07, 6.45) is 3.53. The number of nitrogens with zero attached hydrogens (tertiary/aromatic N) is 1. The normalized spacial score (nSPS) is 11.4. The quantitative estimate of drug-likeness (QED) is 0.688. The van der Waals surface area contributed by atoms with Gasteiger partial charge in [-0.1, -0.05) is 13.8 Å². The van der Waals surface area contributed by atoms with E-state index in [1.54, 1.807) is 6.20 Å². The molecule has 90 valence electrons. The lowest BCUT2D eigenvalue weighted by Gasteiger charge is -2.25. The molecule has 1 aromatic rings. The molecule has 0 saturated heterocycles. The Balaban J connectivity index is 2.44. The van der Waals surface area contributed by atoms with Gasteiger partial charge in [-0.05, 0) is 24.3 Å². The molecule has 4 N–H and O–H groups in total. The molecule has 1 heterocycles. The van der Waals surface area contributed by atoms with Crippen LogP contribution in [-0.2, 0) is 0 Å². The highest BCUT2D eigenvalue weighted by atomic mass is 16.2. The van der Waals surface area contributed by atoms with Gasteiger partial charge in [-0.15, -0.1) is 0 Å². The number of hydrogen-bond donors (Lipinski definition) is 3. The van der Waals surface area contributed by atoms with E-state index in [1.807, 2.05) is 12.1 Å². The number of anilines is 2. The van der Waals surface area contributed by atoms with Crippen LogP contribution < -0.4 is 11.1 Å². The van der Waals surface area contributed by atoms with E-state index in [1.165, 1.54) is 0 Å². The molecule has 0 aliphatic heterocycles. The van der Waals surface area contributed by atoms with Crippen molar-refractivity contribution in [2.75, 3.05) is 24.2 Å². The highest BCUT2D eigenvalue weighted by Crippen LogP contribution is 2.23. The number of nitrogen functional groups attached to an aromatic ring is 1. The van der Waals surface area contributed by atoms with Crippen molar-refractivity contribution in [1.29, 1.82) is 0 Å². The molecule has 0 aliphatic carbocycles. The van der Waals surface area contributed by atoms with Crippen LogP contribution in [0, 0.1) is 5.41 Å². The first-order valence-electron chi connectivity index (χ1n) is 5.60. The maximum absolute atomic E-state index is 8.81. The predicted molar refractivity (Wildman–Crippen MR) is 67.2 cm³/mol. The number of pyridine rings is 1. The summed E-state index contributed by atoms with van der Waals surface area (Å²) in [5.41, 5.74) is 6.75. The minimum absolute atomic E-state index is 0.167. The van der Waals surface area contributed by atoms with Crippen molar-refractivity contribution < 1.29 is 5.11 Å². The summed E-state index contributed by atoms with van der Waals surface area (Å²) in [5, 5.41) is 12.1. The van der Waals surface area contributed by atoms with Crippen molar-refractivity contribution in [3.8, 4) is 0 Å². The first kappa shape index (κ1) is 12.8. The zero-order valence-electron chi connectivity index (χ0n) is 10.0. The van der Waals surface area contributed by atoms with Crippen molar-refractivity contribution in [3.63, 3.8) is 0 Å². The number of nitrogens with two attached hydrogens (primary N) is 1. The molecule has 0 amide bonds. The second-order valence-corrected chi connectivity index (χ2v) is 4.81. The molecule has 0 aromatic carbocycles. The second kappa shape index (κ2) is 5.70.